The molecule has 1 saturated heterocycles. The summed E-state index contributed by atoms with van der Waals surface area (Å²) in [5, 5.41) is 6.46. The van der Waals surface area contributed by atoms with E-state index >= 15 is 0 Å². The van der Waals surface area contributed by atoms with Crippen LogP contribution in [0.4, 0.5) is 0 Å². The Labute approximate surface area is 105 Å². The van der Waals surface area contributed by atoms with Crippen LogP contribution in [-0.2, 0) is 4.79 Å². The molecular formula is C14H26N2O. The van der Waals surface area contributed by atoms with Crippen molar-refractivity contribution in [3.63, 3.8) is 0 Å². The summed E-state index contributed by atoms with van der Waals surface area (Å²) >= 11 is 0. The van der Waals surface area contributed by atoms with Crippen LogP contribution in [0, 0.1) is 11.3 Å². The van der Waals surface area contributed by atoms with Crippen molar-refractivity contribution in [2.45, 2.75) is 58.4 Å². The fourth-order valence-electron chi connectivity index (χ4n) is 3.18. The zero-order chi connectivity index (χ0) is 12.3. The molecule has 0 bridgehead atoms. The highest BCUT2D eigenvalue weighted by molar-refractivity contribution is 5.82. The lowest BCUT2D eigenvalue weighted by atomic mass is 9.75. The molecule has 1 aliphatic heterocycles. The molecule has 2 atom stereocenters. The average molecular weight is 238 g/mol. The van der Waals surface area contributed by atoms with Crippen molar-refractivity contribution in [1.82, 2.24) is 10.6 Å². The second-order valence-corrected chi connectivity index (χ2v) is 6.29. The SMILES string of the molecule is CC1CCNC1C(=O)NCC1(C)CCCCC1. The second kappa shape index (κ2) is 5.38. The maximum atomic E-state index is 12.1. The van der Waals surface area contributed by atoms with Gasteiger partial charge in [-0.3, -0.25) is 4.79 Å². The Morgan fingerprint density at radius 2 is 2.06 bits per heavy atom. The number of amides is 1. The van der Waals surface area contributed by atoms with Gasteiger partial charge in [0.2, 0.25) is 5.91 Å². The van der Waals surface area contributed by atoms with Crippen molar-refractivity contribution >= 4 is 5.91 Å². The maximum absolute atomic E-state index is 12.1. The van der Waals surface area contributed by atoms with Gasteiger partial charge in [-0.25, -0.2) is 0 Å². The Morgan fingerprint density at radius 3 is 2.65 bits per heavy atom. The standard InChI is InChI=1S/C14H26N2O/c1-11-6-9-15-12(11)13(17)16-10-14(2)7-4-3-5-8-14/h11-12,15H,3-10H2,1-2H3,(H,16,17). The van der Waals surface area contributed by atoms with Crippen molar-refractivity contribution in [3.05, 3.63) is 0 Å². The smallest absolute Gasteiger partial charge is 0.237 e. The van der Waals surface area contributed by atoms with Gasteiger partial charge in [-0.05, 0) is 37.1 Å². The van der Waals surface area contributed by atoms with Crippen molar-refractivity contribution < 1.29 is 4.79 Å². The van der Waals surface area contributed by atoms with E-state index in [1.54, 1.807) is 0 Å². The first-order valence-electron chi connectivity index (χ1n) is 7.12. The number of nitrogens with one attached hydrogen (secondary N) is 2. The third-order valence-corrected chi connectivity index (χ3v) is 4.57. The normalized spacial score (nSPS) is 32.4. The largest absolute Gasteiger partial charge is 0.354 e. The summed E-state index contributed by atoms with van der Waals surface area (Å²) in [7, 11) is 0. The van der Waals surface area contributed by atoms with Crippen LogP contribution in [0.1, 0.15) is 52.4 Å². The van der Waals surface area contributed by atoms with Crippen LogP contribution in [-0.4, -0.2) is 25.0 Å². The molecule has 1 amide bonds. The summed E-state index contributed by atoms with van der Waals surface area (Å²) in [5.74, 6) is 0.691. The molecule has 1 aliphatic carbocycles. The molecule has 0 aromatic heterocycles. The summed E-state index contributed by atoms with van der Waals surface area (Å²) in [6.45, 7) is 6.32. The number of hydrogen-bond acceptors (Lipinski definition) is 2. The Hall–Kier alpha value is -0.570. The molecule has 17 heavy (non-hydrogen) atoms. The molecule has 3 heteroatoms. The fraction of sp³-hybridized carbons (Fsp3) is 0.929. The molecule has 1 heterocycles. The van der Waals surface area contributed by atoms with Crippen LogP contribution >= 0.6 is 0 Å². The quantitative estimate of drug-likeness (QED) is 0.790. The third-order valence-electron chi connectivity index (χ3n) is 4.57. The van der Waals surface area contributed by atoms with Gasteiger partial charge in [0.1, 0.15) is 0 Å². The molecule has 2 rings (SSSR count). The zero-order valence-electron chi connectivity index (χ0n) is 11.2. The Kier molecular flexibility index (Phi) is 4.08. The highest BCUT2D eigenvalue weighted by Crippen LogP contribution is 2.34. The second-order valence-electron chi connectivity index (χ2n) is 6.29. The maximum Gasteiger partial charge on any atom is 0.237 e. The molecule has 0 aromatic carbocycles. The Bertz CT molecular complexity index is 271. The van der Waals surface area contributed by atoms with Crippen molar-refractivity contribution in [2.24, 2.45) is 11.3 Å². The number of carbonyl (C=O) groups excluding carboxylic acids is 1. The van der Waals surface area contributed by atoms with Crippen molar-refractivity contribution in [1.29, 1.82) is 0 Å². The fourth-order valence-corrected chi connectivity index (χ4v) is 3.18. The predicted octanol–water partition coefficient (Wildman–Crippen LogP) is 2.07. The first-order valence-corrected chi connectivity index (χ1v) is 7.12. The molecule has 2 unspecified atom stereocenters. The summed E-state index contributed by atoms with van der Waals surface area (Å²) in [5.41, 5.74) is 0.343. The number of hydrogen-bond donors (Lipinski definition) is 2. The molecule has 2 N–H and O–H groups in total. The topological polar surface area (TPSA) is 41.1 Å². The van der Waals surface area contributed by atoms with Crippen LogP contribution in [0.15, 0.2) is 0 Å². The molecule has 98 valence electrons. The highest BCUT2D eigenvalue weighted by Gasteiger charge is 2.32. The Morgan fingerprint density at radius 1 is 1.35 bits per heavy atom. The van der Waals surface area contributed by atoms with E-state index in [0.717, 1.165) is 19.5 Å². The van der Waals surface area contributed by atoms with Crippen LogP contribution in [0.5, 0.6) is 0 Å². The van der Waals surface area contributed by atoms with Gasteiger partial charge in [-0.15, -0.1) is 0 Å². The number of carbonyl (C=O) groups is 1. The van der Waals surface area contributed by atoms with Gasteiger partial charge in [0.25, 0.3) is 0 Å². The lowest BCUT2D eigenvalue weighted by molar-refractivity contribution is -0.124. The highest BCUT2D eigenvalue weighted by atomic mass is 16.2. The van der Waals surface area contributed by atoms with E-state index in [4.69, 9.17) is 0 Å². The van der Waals surface area contributed by atoms with E-state index in [0.29, 0.717) is 11.3 Å². The van der Waals surface area contributed by atoms with Gasteiger partial charge < -0.3 is 10.6 Å². The van der Waals surface area contributed by atoms with Gasteiger partial charge in [-0.2, -0.15) is 0 Å². The molecule has 1 saturated carbocycles. The van der Waals surface area contributed by atoms with E-state index in [1.807, 2.05) is 0 Å². The lowest BCUT2D eigenvalue weighted by Gasteiger charge is -2.34. The number of rotatable bonds is 3. The molecule has 0 radical (unpaired) electrons. The van der Waals surface area contributed by atoms with Crippen LogP contribution < -0.4 is 10.6 Å². The van der Waals surface area contributed by atoms with E-state index in [9.17, 15) is 4.79 Å². The molecule has 2 aliphatic rings. The first-order chi connectivity index (χ1) is 8.11. The van der Waals surface area contributed by atoms with Crippen molar-refractivity contribution in [2.75, 3.05) is 13.1 Å². The lowest BCUT2D eigenvalue weighted by Crippen LogP contribution is -2.46. The van der Waals surface area contributed by atoms with E-state index in [1.165, 1.54) is 32.1 Å². The zero-order valence-corrected chi connectivity index (χ0v) is 11.2. The van der Waals surface area contributed by atoms with Crippen LogP contribution in [0.3, 0.4) is 0 Å². The third kappa shape index (κ3) is 3.21. The van der Waals surface area contributed by atoms with E-state index in [2.05, 4.69) is 24.5 Å². The summed E-state index contributed by atoms with van der Waals surface area (Å²) < 4.78 is 0. The van der Waals surface area contributed by atoms with Gasteiger partial charge in [0.15, 0.2) is 0 Å². The van der Waals surface area contributed by atoms with Gasteiger partial charge in [0.05, 0.1) is 6.04 Å². The molecular weight excluding hydrogens is 212 g/mol. The molecule has 0 aromatic rings. The first kappa shape index (κ1) is 12.9. The van der Waals surface area contributed by atoms with Gasteiger partial charge in [0, 0.05) is 6.54 Å². The van der Waals surface area contributed by atoms with Crippen LogP contribution in [0.2, 0.25) is 0 Å². The minimum Gasteiger partial charge on any atom is -0.354 e. The summed E-state index contributed by atoms with van der Waals surface area (Å²) in [4.78, 5) is 12.1. The van der Waals surface area contributed by atoms with E-state index < -0.39 is 0 Å². The monoisotopic (exact) mass is 238 g/mol. The summed E-state index contributed by atoms with van der Waals surface area (Å²) in [6, 6.07) is 0.0437. The molecule has 3 nitrogen and oxygen atoms in total. The van der Waals surface area contributed by atoms with E-state index in [-0.39, 0.29) is 11.9 Å². The minimum absolute atomic E-state index is 0.0437. The predicted molar refractivity (Wildman–Crippen MR) is 69.8 cm³/mol. The molecule has 2 fully saturated rings. The summed E-state index contributed by atoms with van der Waals surface area (Å²) in [6.07, 6.45) is 7.66. The average Bonchev–Trinajstić information content (AvgIpc) is 2.74. The van der Waals surface area contributed by atoms with Crippen LogP contribution in [0.25, 0.3) is 0 Å². The van der Waals surface area contributed by atoms with Gasteiger partial charge >= 0.3 is 0 Å². The van der Waals surface area contributed by atoms with Gasteiger partial charge in [-0.1, -0.05) is 33.1 Å². The Balaban J connectivity index is 1.79. The molecule has 0 spiro atoms. The minimum atomic E-state index is 0.0437. The van der Waals surface area contributed by atoms with Crippen molar-refractivity contribution in [3.8, 4) is 0 Å².